The van der Waals surface area contributed by atoms with Crippen LogP contribution in [0.4, 0.5) is 5.69 Å². The van der Waals surface area contributed by atoms with Gasteiger partial charge in [-0.1, -0.05) is 44.6 Å². The summed E-state index contributed by atoms with van der Waals surface area (Å²) in [6.07, 6.45) is 3.93. The maximum atomic E-state index is 12.4. The lowest BCUT2D eigenvalue weighted by molar-refractivity contribution is -0.120. The Hall–Kier alpha value is -1.79. The quantitative estimate of drug-likeness (QED) is 0.787. The van der Waals surface area contributed by atoms with Crippen LogP contribution in [0.15, 0.2) is 18.2 Å². The van der Waals surface area contributed by atoms with Crippen LogP contribution < -0.4 is 5.32 Å². The summed E-state index contributed by atoms with van der Waals surface area (Å²) in [6, 6.07) is 5.75. The van der Waals surface area contributed by atoms with E-state index in [1.807, 2.05) is 32.0 Å². The molecule has 1 atom stereocenters. The van der Waals surface area contributed by atoms with Crippen molar-refractivity contribution in [1.82, 2.24) is 0 Å². The highest BCUT2D eigenvalue weighted by atomic mass is 16.2. The Labute approximate surface area is 127 Å². The minimum absolute atomic E-state index is 0.0455. The zero-order valence-electron chi connectivity index (χ0n) is 13.2. The van der Waals surface area contributed by atoms with Gasteiger partial charge in [-0.2, -0.15) is 0 Å². The first kappa shape index (κ1) is 17.3. The number of aliphatic hydroxyl groups is 1. The van der Waals surface area contributed by atoms with Gasteiger partial charge < -0.3 is 10.4 Å². The number of carbonyl (C=O) groups is 1. The average molecular weight is 287 g/mol. The third kappa shape index (κ3) is 5.61. The summed E-state index contributed by atoms with van der Waals surface area (Å²) in [6.45, 7) is 5.97. The number of carbonyl (C=O) groups excluding carboxylic acids is 1. The Morgan fingerprint density at radius 3 is 2.76 bits per heavy atom. The molecular formula is C18H25NO2. The Kier molecular flexibility index (Phi) is 7.56. The molecule has 0 aliphatic carbocycles. The lowest BCUT2D eigenvalue weighted by atomic mass is 9.98. The van der Waals surface area contributed by atoms with Crippen molar-refractivity contribution in [3.63, 3.8) is 0 Å². The molecule has 0 spiro atoms. The van der Waals surface area contributed by atoms with Crippen molar-refractivity contribution in [1.29, 1.82) is 0 Å². The van der Waals surface area contributed by atoms with E-state index in [0.29, 0.717) is 0 Å². The molecule has 3 heteroatoms. The predicted octanol–water partition coefficient (Wildman–Crippen LogP) is 3.49. The van der Waals surface area contributed by atoms with Crippen LogP contribution in [0, 0.1) is 24.7 Å². The minimum Gasteiger partial charge on any atom is -0.384 e. The monoisotopic (exact) mass is 287 g/mol. The van der Waals surface area contributed by atoms with Gasteiger partial charge in [-0.25, -0.2) is 0 Å². The van der Waals surface area contributed by atoms with Crippen LogP contribution >= 0.6 is 0 Å². The molecule has 1 amide bonds. The van der Waals surface area contributed by atoms with Gasteiger partial charge in [0.1, 0.15) is 6.61 Å². The summed E-state index contributed by atoms with van der Waals surface area (Å²) >= 11 is 0. The van der Waals surface area contributed by atoms with Crippen molar-refractivity contribution in [3.8, 4) is 11.8 Å². The van der Waals surface area contributed by atoms with E-state index in [9.17, 15) is 4.79 Å². The second kappa shape index (κ2) is 9.20. The molecule has 1 rings (SSSR count). The Balaban J connectivity index is 2.89. The number of aryl methyl sites for hydroxylation is 1. The highest BCUT2D eigenvalue weighted by Gasteiger charge is 2.16. The Bertz CT molecular complexity index is 526. The van der Waals surface area contributed by atoms with Crippen LogP contribution in [0.3, 0.4) is 0 Å². The van der Waals surface area contributed by atoms with E-state index in [0.717, 1.165) is 42.5 Å². The molecule has 0 saturated heterocycles. The number of aliphatic hydroxyl groups excluding tert-OH is 1. The molecule has 0 radical (unpaired) electrons. The molecule has 1 aromatic carbocycles. The van der Waals surface area contributed by atoms with Gasteiger partial charge >= 0.3 is 0 Å². The van der Waals surface area contributed by atoms with Crippen LogP contribution in [-0.4, -0.2) is 17.6 Å². The number of hydrogen-bond acceptors (Lipinski definition) is 2. The molecule has 0 aliphatic rings. The van der Waals surface area contributed by atoms with E-state index in [4.69, 9.17) is 5.11 Å². The number of anilines is 1. The van der Waals surface area contributed by atoms with Gasteiger partial charge in [0, 0.05) is 11.5 Å². The Morgan fingerprint density at radius 2 is 2.14 bits per heavy atom. The first-order chi connectivity index (χ1) is 10.1. The standard InChI is InChI=1S/C18H25NO2/c1-4-6-8-15(5-2)18(21)19-17-13-14(3)10-11-16(17)9-7-12-20/h10-11,13,15,20H,4-6,8,12H2,1-3H3,(H,19,21). The minimum atomic E-state index is -0.185. The number of nitrogens with one attached hydrogen (secondary N) is 1. The molecule has 1 aromatic rings. The molecule has 0 fully saturated rings. The van der Waals surface area contributed by atoms with Crippen molar-refractivity contribution < 1.29 is 9.90 Å². The first-order valence-electron chi connectivity index (χ1n) is 7.63. The van der Waals surface area contributed by atoms with Crippen molar-refractivity contribution in [2.24, 2.45) is 5.92 Å². The van der Waals surface area contributed by atoms with Crippen molar-refractivity contribution in [2.45, 2.75) is 46.5 Å². The molecular weight excluding hydrogens is 262 g/mol. The number of rotatable bonds is 6. The van der Waals surface area contributed by atoms with Gasteiger partial charge in [-0.15, -0.1) is 0 Å². The summed E-state index contributed by atoms with van der Waals surface area (Å²) in [5.74, 6) is 5.61. The van der Waals surface area contributed by atoms with Crippen LogP contribution in [0.1, 0.15) is 50.7 Å². The van der Waals surface area contributed by atoms with Crippen molar-refractivity contribution in [2.75, 3.05) is 11.9 Å². The van der Waals surface area contributed by atoms with E-state index < -0.39 is 0 Å². The molecule has 1 unspecified atom stereocenters. The number of amides is 1. The van der Waals surface area contributed by atoms with Gasteiger partial charge in [0.25, 0.3) is 0 Å². The van der Waals surface area contributed by atoms with E-state index in [1.165, 1.54) is 0 Å². The normalized spacial score (nSPS) is 11.4. The van der Waals surface area contributed by atoms with Crippen LogP contribution in [0.5, 0.6) is 0 Å². The van der Waals surface area contributed by atoms with Crippen LogP contribution in [0.2, 0.25) is 0 Å². The fourth-order valence-electron chi connectivity index (χ4n) is 2.21. The molecule has 2 N–H and O–H groups in total. The van der Waals surface area contributed by atoms with E-state index in [2.05, 4.69) is 24.1 Å². The molecule has 0 saturated carbocycles. The summed E-state index contributed by atoms with van der Waals surface area (Å²) < 4.78 is 0. The maximum Gasteiger partial charge on any atom is 0.227 e. The van der Waals surface area contributed by atoms with Gasteiger partial charge in [0.2, 0.25) is 5.91 Å². The SMILES string of the molecule is CCCCC(CC)C(=O)Nc1cc(C)ccc1C#CCO. The van der Waals surface area contributed by atoms with Crippen LogP contribution in [-0.2, 0) is 4.79 Å². The van der Waals surface area contributed by atoms with Gasteiger partial charge in [0.15, 0.2) is 0 Å². The second-order valence-electron chi connectivity index (χ2n) is 5.25. The molecule has 21 heavy (non-hydrogen) atoms. The lowest BCUT2D eigenvalue weighted by Gasteiger charge is -2.16. The summed E-state index contributed by atoms with van der Waals surface area (Å²) in [7, 11) is 0. The summed E-state index contributed by atoms with van der Waals surface area (Å²) in [5.41, 5.74) is 2.55. The Morgan fingerprint density at radius 1 is 1.38 bits per heavy atom. The maximum absolute atomic E-state index is 12.4. The highest BCUT2D eigenvalue weighted by molar-refractivity contribution is 5.94. The lowest BCUT2D eigenvalue weighted by Crippen LogP contribution is -2.22. The van der Waals surface area contributed by atoms with Gasteiger partial charge in [0.05, 0.1) is 5.69 Å². The molecule has 0 aromatic heterocycles. The third-order valence-electron chi connectivity index (χ3n) is 3.50. The number of hydrogen-bond donors (Lipinski definition) is 2. The smallest absolute Gasteiger partial charge is 0.227 e. The van der Waals surface area contributed by atoms with E-state index >= 15 is 0 Å². The highest BCUT2D eigenvalue weighted by Crippen LogP contribution is 2.20. The van der Waals surface area contributed by atoms with Gasteiger partial charge in [-0.3, -0.25) is 4.79 Å². The van der Waals surface area contributed by atoms with Crippen molar-refractivity contribution in [3.05, 3.63) is 29.3 Å². The van der Waals surface area contributed by atoms with Crippen molar-refractivity contribution >= 4 is 11.6 Å². The molecule has 0 heterocycles. The fourth-order valence-corrected chi connectivity index (χ4v) is 2.21. The summed E-state index contributed by atoms with van der Waals surface area (Å²) in [5, 5.41) is 11.8. The zero-order chi connectivity index (χ0) is 15.7. The van der Waals surface area contributed by atoms with E-state index in [-0.39, 0.29) is 18.4 Å². The first-order valence-corrected chi connectivity index (χ1v) is 7.63. The summed E-state index contributed by atoms with van der Waals surface area (Å²) in [4.78, 5) is 12.4. The predicted molar refractivity (Wildman–Crippen MR) is 87.1 cm³/mol. The third-order valence-corrected chi connectivity index (χ3v) is 3.50. The molecule has 0 bridgehead atoms. The number of benzene rings is 1. The van der Waals surface area contributed by atoms with E-state index in [1.54, 1.807) is 0 Å². The fraction of sp³-hybridized carbons (Fsp3) is 0.500. The van der Waals surface area contributed by atoms with Gasteiger partial charge in [-0.05, 0) is 37.5 Å². The number of unbranched alkanes of at least 4 members (excludes halogenated alkanes) is 1. The second-order valence-corrected chi connectivity index (χ2v) is 5.25. The largest absolute Gasteiger partial charge is 0.384 e. The molecule has 114 valence electrons. The molecule has 0 aliphatic heterocycles. The van der Waals surface area contributed by atoms with Crippen LogP contribution in [0.25, 0.3) is 0 Å². The zero-order valence-corrected chi connectivity index (χ0v) is 13.2. The average Bonchev–Trinajstić information content (AvgIpc) is 2.47. The molecule has 3 nitrogen and oxygen atoms in total. The topological polar surface area (TPSA) is 49.3 Å².